The Bertz CT molecular complexity index is 749. The van der Waals surface area contributed by atoms with Crippen molar-refractivity contribution in [2.24, 2.45) is 0 Å². The molecule has 0 bridgehead atoms. The number of nitrogens with zero attached hydrogens (tertiary/aromatic N) is 2. The number of allylic oxidation sites excluding steroid dienone is 1. The molecule has 0 saturated carbocycles. The van der Waals surface area contributed by atoms with Crippen LogP contribution in [-0.2, 0) is 0 Å². The molecule has 0 aliphatic rings. The first-order chi connectivity index (χ1) is 16.1. The van der Waals surface area contributed by atoms with Gasteiger partial charge in [0.25, 0.3) is 0 Å². The summed E-state index contributed by atoms with van der Waals surface area (Å²) in [5.41, 5.74) is 0. The minimum absolute atomic E-state index is 0.357. The van der Waals surface area contributed by atoms with E-state index in [0.717, 1.165) is 26.2 Å². The second-order valence-electron chi connectivity index (χ2n) is 9.22. The first-order valence-electron chi connectivity index (χ1n) is 13.4. The van der Waals surface area contributed by atoms with Crippen molar-refractivity contribution in [1.82, 2.24) is 9.62 Å². The standard InChI is InChI=1S/C29H47BN2Si/c1-7-12-13-16-25-29(26-30(31(8-2)9-3)32(10-4)11-5)33(6,27-21-17-14-18-22-27)28-23-19-15-20-24-28/h14-15,17-24,26H,7-13,16,25H2,1-6H3/b29-26-. The average molecular weight is 463 g/mol. The van der Waals surface area contributed by atoms with Crippen LogP contribution in [0.5, 0.6) is 0 Å². The zero-order chi connectivity index (χ0) is 24.1. The highest BCUT2D eigenvalue weighted by atomic mass is 28.3. The molecule has 0 radical (unpaired) electrons. The minimum Gasteiger partial charge on any atom is -0.325 e. The second kappa shape index (κ2) is 14.6. The van der Waals surface area contributed by atoms with Gasteiger partial charge in [0.2, 0.25) is 0 Å². The van der Waals surface area contributed by atoms with E-state index in [0.29, 0.717) is 6.98 Å². The van der Waals surface area contributed by atoms with E-state index in [9.17, 15) is 0 Å². The van der Waals surface area contributed by atoms with Gasteiger partial charge in [0.15, 0.2) is 0 Å². The lowest BCUT2D eigenvalue weighted by molar-refractivity contribution is 0.387. The third-order valence-electron chi connectivity index (χ3n) is 7.37. The average Bonchev–Trinajstić information content (AvgIpc) is 2.87. The molecule has 0 heterocycles. The summed E-state index contributed by atoms with van der Waals surface area (Å²) in [5, 5.41) is 4.74. The normalized spacial score (nSPS) is 12.5. The van der Waals surface area contributed by atoms with E-state index in [1.807, 2.05) is 0 Å². The molecule has 4 heteroatoms. The molecule has 0 aromatic heterocycles. The van der Waals surface area contributed by atoms with Crippen LogP contribution in [0.1, 0.15) is 66.7 Å². The van der Waals surface area contributed by atoms with Gasteiger partial charge in [0, 0.05) is 0 Å². The Morgan fingerprint density at radius 2 is 1.15 bits per heavy atom. The molecule has 2 aromatic rings. The van der Waals surface area contributed by atoms with Crippen molar-refractivity contribution < 1.29 is 0 Å². The number of hydrogen-bond acceptors (Lipinski definition) is 2. The Balaban J connectivity index is 2.69. The molecule has 0 fully saturated rings. The molecule has 2 nitrogen and oxygen atoms in total. The molecule has 0 atom stereocenters. The summed E-state index contributed by atoms with van der Waals surface area (Å²) >= 11 is 0. The van der Waals surface area contributed by atoms with Crippen LogP contribution < -0.4 is 10.4 Å². The highest BCUT2D eigenvalue weighted by Gasteiger charge is 2.37. The number of hydrogen-bond donors (Lipinski definition) is 0. The van der Waals surface area contributed by atoms with Crippen LogP contribution in [0.15, 0.2) is 71.8 Å². The van der Waals surface area contributed by atoms with Crippen molar-refractivity contribution in [3.05, 3.63) is 71.8 Å². The maximum Gasteiger partial charge on any atom is 0.338 e. The zero-order valence-corrected chi connectivity index (χ0v) is 23.2. The van der Waals surface area contributed by atoms with E-state index in [1.54, 1.807) is 5.20 Å². The molecule has 0 aliphatic carbocycles. The number of unbranched alkanes of at least 4 members (excludes halogenated alkanes) is 3. The maximum atomic E-state index is 2.69. The van der Waals surface area contributed by atoms with Crippen LogP contribution in [0.3, 0.4) is 0 Å². The van der Waals surface area contributed by atoms with Gasteiger partial charge < -0.3 is 9.62 Å². The highest BCUT2D eigenvalue weighted by molar-refractivity contribution is 7.07. The molecule has 33 heavy (non-hydrogen) atoms. The summed E-state index contributed by atoms with van der Waals surface area (Å²) in [4.78, 5) is 5.26. The Labute approximate surface area is 206 Å². The van der Waals surface area contributed by atoms with Crippen molar-refractivity contribution in [1.29, 1.82) is 0 Å². The van der Waals surface area contributed by atoms with Gasteiger partial charge in [-0.25, -0.2) is 0 Å². The van der Waals surface area contributed by atoms with Gasteiger partial charge in [-0.15, -0.1) is 0 Å². The Morgan fingerprint density at radius 1 is 0.697 bits per heavy atom. The first kappa shape index (κ1) is 27.6. The molecule has 180 valence electrons. The van der Waals surface area contributed by atoms with Crippen molar-refractivity contribution >= 4 is 25.4 Å². The molecule has 0 aliphatic heterocycles. The van der Waals surface area contributed by atoms with Gasteiger partial charge >= 0.3 is 6.98 Å². The van der Waals surface area contributed by atoms with Crippen LogP contribution in [0.25, 0.3) is 0 Å². The van der Waals surface area contributed by atoms with E-state index in [-0.39, 0.29) is 0 Å². The van der Waals surface area contributed by atoms with Gasteiger partial charge in [-0.3, -0.25) is 0 Å². The fourth-order valence-corrected chi connectivity index (χ4v) is 9.09. The zero-order valence-electron chi connectivity index (χ0n) is 22.2. The number of rotatable bonds is 15. The molecule has 0 spiro atoms. The molecule has 0 saturated heterocycles. The third-order valence-corrected chi connectivity index (χ3v) is 12.0. The largest absolute Gasteiger partial charge is 0.338 e. The van der Waals surface area contributed by atoms with E-state index >= 15 is 0 Å². The van der Waals surface area contributed by atoms with Gasteiger partial charge in [0.1, 0.15) is 8.07 Å². The predicted octanol–water partition coefficient (Wildman–Crippen LogP) is 6.03. The Hall–Kier alpha value is -1.62. The van der Waals surface area contributed by atoms with Crippen molar-refractivity contribution in [2.45, 2.75) is 73.3 Å². The van der Waals surface area contributed by atoms with Crippen molar-refractivity contribution in [3.63, 3.8) is 0 Å². The summed E-state index contributed by atoms with van der Waals surface area (Å²) in [5.74, 6) is 2.69. The molecular weight excluding hydrogens is 415 g/mol. The first-order valence-corrected chi connectivity index (χ1v) is 15.9. The molecule has 0 unspecified atom stereocenters. The topological polar surface area (TPSA) is 6.48 Å². The van der Waals surface area contributed by atoms with Crippen LogP contribution in [0.4, 0.5) is 0 Å². The second-order valence-corrected chi connectivity index (χ2v) is 13.3. The summed E-state index contributed by atoms with van der Waals surface area (Å²) in [6.07, 6.45) is 6.42. The van der Waals surface area contributed by atoms with E-state index in [4.69, 9.17) is 0 Å². The van der Waals surface area contributed by atoms with Crippen molar-refractivity contribution in [3.8, 4) is 0 Å². The van der Waals surface area contributed by atoms with Gasteiger partial charge in [-0.05, 0) is 49.4 Å². The van der Waals surface area contributed by atoms with Crippen LogP contribution in [0, 0.1) is 0 Å². The van der Waals surface area contributed by atoms with Crippen LogP contribution >= 0.6 is 0 Å². The summed E-state index contributed by atoms with van der Waals surface area (Å²) < 4.78 is 0. The lowest BCUT2D eigenvalue weighted by Crippen LogP contribution is -2.59. The molecule has 0 N–H and O–H groups in total. The smallest absolute Gasteiger partial charge is 0.325 e. The maximum absolute atomic E-state index is 2.69. The SMILES string of the molecule is CCCCCC/C(=C/B(N(CC)CC)N(CC)CC)[Si](C)(c1ccccc1)c1ccccc1. The highest BCUT2D eigenvalue weighted by Crippen LogP contribution is 2.24. The van der Waals surface area contributed by atoms with Crippen LogP contribution in [-0.4, -0.2) is 50.9 Å². The summed E-state index contributed by atoms with van der Waals surface area (Å²) in [6.45, 7) is 18.8. The van der Waals surface area contributed by atoms with Gasteiger partial charge in [0.05, 0.1) is 0 Å². The minimum atomic E-state index is -2.09. The summed E-state index contributed by atoms with van der Waals surface area (Å²) in [7, 11) is -2.09. The molecule has 2 rings (SSSR count). The monoisotopic (exact) mass is 462 g/mol. The van der Waals surface area contributed by atoms with Crippen molar-refractivity contribution in [2.75, 3.05) is 26.2 Å². The van der Waals surface area contributed by atoms with Gasteiger partial charge in [-0.2, -0.15) is 0 Å². The van der Waals surface area contributed by atoms with E-state index in [1.165, 1.54) is 42.5 Å². The van der Waals surface area contributed by atoms with E-state index in [2.05, 4.69) is 117 Å². The lowest BCUT2D eigenvalue weighted by Gasteiger charge is -2.37. The fourth-order valence-electron chi connectivity index (χ4n) is 5.14. The quantitative estimate of drug-likeness (QED) is 0.236. The third kappa shape index (κ3) is 7.18. The Kier molecular flexibility index (Phi) is 12.2. The lowest BCUT2D eigenvalue weighted by atomic mass is 9.70. The van der Waals surface area contributed by atoms with Crippen LogP contribution in [0.2, 0.25) is 6.55 Å². The van der Waals surface area contributed by atoms with Gasteiger partial charge in [-0.1, -0.05) is 132 Å². The molecule has 0 amide bonds. The molecular formula is C29H47BN2Si. The van der Waals surface area contributed by atoms with E-state index < -0.39 is 8.07 Å². The predicted molar refractivity (Wildman–Crippen MR) is 152 cm³/mol. The Morgan fingerprint density at radius 3 is 1.55 bits per heavy atom. The summed E-state index contributed by atoms with van der Waals surface area (Å²) in [6, 6.07) is 22.7. The fraction of sp³-hybridized carbons (Fsp3) is 0.517. The number of benzene rings is 2. The molecule has 2 aromatic carbocycles.